The van der Waals surface area contributed by atoms with Gasteiger partial charge < -0.3 is 15.3 Å². The third-order valence-electron chi connectivity index (χ3n) is 2.58. The Balaban J connectivity index is 2.72. The lowest BCUT2D eigenvalue weighted by Crippen LogP contribution is -2.37. The van der Waals surface area contributed by atoms with Crippen LogP contribution in [-0.2, 0) is 5.41 Å². The van der Waals surface area contributed by atoms with Crippen molar-refractivity contribution in [3.8, 4) is 0 Å². The SMILES string of the molecule is C=CCN(CCO)C(=O)Nc1cnc(C(C)(C)C)nc1. The summed E-state index contributed by atoms with van der Waals surface area (Å²) < 4.78 is 0. The molecule has 0 saturated carbocycles. The Labute approximate surface area is 119 Å². The molecule has 6 nitrogen and oxygen atoms in total. The molecule has 0 fully saturated rings. The van der Waals surface area contributed by atoms with Crippen LogP contribution < -0.4 is 5.32 Å². The molecule has 1 rings (SSSR count). The van der Waals surface area contributed by atoms with Crippen LogP contribution in [0.4, 0.5) is 10.5 Å². The third-order valence-corrected chi connectivity index (χ3v) is 2.58. The van der Waals surface area contributed by atoms with Gasteiger partial charge in [0, 0.05) is 18.5 Å². The van der Waals surface area contributed by atoms with Gasteiger partial charge >= 0.3 is 6.03 Å². The van der Waals surface area contributed by atoms with Gasteiger partial charge in [0.1, 0.15) is 5.82 Å². The summed E-state index contributed by atoms with van der Waals surface area (Å²) in [5, 5.41) is 11.6. The van der Waals surface area contributed by atoms with Crippen molar-refractivity contribution in [2.75, 3.05) is 25.0 Å². The van der Waals surface area contributed by atoms with Gasteiger partial charge in [0.2, 0.25) is 0 Å². The molecule has 0 radical (unpaired) electrons. The number of aliphatic hydroxyl groups excluding tert-OH is 1. The number of rotatable bonds is 5. The van der Waals surface area contributed by atoms with Crippen LogP contribution in [-0.4, -0.2) is 45.7 Å². The quantitative estimate of drug-likeness (QED) is 0.805. The number of aromatic nitrogens is 2. The molecule has 1 aromatic heterocycles. The molecular weight excluding hydrogens is 256 g/mol. The molecule has 6 heteroatoms. The number of amides is 2. The maximum Gasteiger partial charge on any atom is 0.322 e. The van der Waals surface area contributed by atoms with E-state index < -0.39 is 0 Å². The van der Waals surface area contributed by atoms with Gasteiger partial charge in [-0.15, -0.1) is 6.58 Å². The van der Waals surface area contributed by atoms with Crippen molar-refractivity contribution in [2.24, 2.45) is 0 Å². The van der Waals surface area contributed by atoms with Crippen molar-refractivity contribution in [1.82, 2.24) is 14.9 Å². The Kier molecular flexibility index (Phi) is 5.64. The van der Waals surface area contributed by atoms with Crippen LogP contribution in [0.1, 0.15) is 26.6 Å². The molecule has 0 bridgehead atoms. The van der Waals surface area contributed by atoms with Crippen LogP contribution in [0.15, 0.2) is 25.0 Å². The highest BCUT2D eigenvalue weighted by atomic mass is 16.3. The van der Waals surface area contributed by atoms with Crippen molar-refractivity contribution in [3.05, 3.63) is 30.9 Å². The molecule has 2 N–H and O–H groups in total. The predicted octanol–water partition coefficient (Wildman–Crippen LogP) is 1.79. The molecule has 0 aliphatic rings. The van der Waals surface area contributed by atoms with E-state index in [1.54, 1.807) is 18.5 Å². The summed E-state index contributed by atoms with van der Waals surface area (Å²) >= 11 is 0. The zero-order valence-electron chi connectivity index (χ0n) is 12.3. The van der Waals surface area contributed by atoms with E-state index in [1.807, 2.05) is 20.8 Å². The van der Waals surface area contributed by atoms with Gasteiger partial charge in [-0.25, -0.2) is 14.8 Å². The average Bonchev–Trinajstić information content (AvgIpc) is 2.38. The fourth-order valence-electron chi connectivity index (χ4n) is 1.53. The molecule has 0 aliphatic carbocycles. The fourth-order valence-corrected chi connectivity index (χ4v) is 1.53. The first-order valence-electron chi connectivity index (χ1n) is 6.48. The summed E-state index contributed by atoms with van der Waals surface area (Å²) in [5.74, 6) is 0.716. The van der Waals surface area contributed by atoms with Gasteiger partial charge in [0.25, 0.3) is 0 Å². The van der Waals surface area contributed by atoms with E-state index in [2.05, 4.69) is 21.9 Å². The molecule has 1 aromatic rings. The number of hydrogen-bond acceptors (Lipinski definition) is 4. The highest BCUT2D eigenvalue weighted by Crippen LogP contribution is 2.18. The van der Waals surface area contributed by atoms with E-state index in [1.165, 1.54) is 4.90 Å². The third kappa shape index (κ3) is 4.62. The molecule has 0 aliphatic heterocycles. The van der Waals surface area contributed by atoms with Crippen LogP contribution in [0.3, 0.4) is 0 Å². The van der Waals surface area contributed by atoms with E-state index in [4.69, 9.17) is 5.11 Å². The number of nitrogens with one attached hydrogen (secondary N) is 1. The number of anilines is 1. The number of hydrogen-bond donors (Lipinski definition) is 2. The van der Waals surface area contributed by atoms with Crippen LogP contribution in [0.5, 0.6) is 0 Å². The van der Waals surface area contributed by atoms with Crippen LogP contribution >= 0.6 is 0 Å². The van der Waals surface area contributed by atoms with Gasteiger partial charge in [0.15, 0.2) is 0 Å². The lowest BCUT2D eigenvalue weighted by molar-refractivity contribution is 0.195. The Bertz CT molecular complexity index is 451. The normalized spacial score (nSPS) is 11.0. The molecule has 0 spiro atoms. The standard InChI is InChI=1S/C14H22N4O2/c1-5-6-18(7-8-19)13(20)17-11-9-15-12(16-10-11)14(2,3)4/h5,9-10,19H,1,6-8H2,2-4H3,(H,17,20). The summed E-state index contributed by atoms with van der Waals surface area (Å²) in [5.41, 5.74) is 0.392. The summed E-state index contributed by atoms with van der Waals surface area (Å²) in [6, 6.07) is -0.314. The van der Waals surface area contributed by atoms with Crippen molar-refractivity contribution in [3.63, 3.8) is 0 Å². The minimum Gasteiger partial charge on any atom is -0.395 e. The van der Waals surface area contributed by atoms with Gasteiger partial charge in [0.05, 0.1) is 24.7 Å². The Morgan fingerprint density at radius 2 is 2.05 bits per heavy atom. The summed E-state index contributed by atoms with van der Waals surface area (Å²) in [7, 11) is 0. The first-order chi connectivity index (χ1) is 9.38. The average molecular weight is 278 g/mol. The minimum atomic E-state index is -0.314. The largest absolute Gasteiger partial charge is 0.395 e. The second-order valence-electron chi connectivity index (χ2n) is 5.43. The van der Waals surface area contributed by atoms with E-state index >= 15 is 0 Å². The van der Waals surface area contributed by atoms with E-state index in [0.717, 1.165) is 0 Å². The maximum atomic E-state index is 12.0. The number of nitrogens with zero attached hydrogens (tertiary/aromatic N) is 3. The second kappa shape index (κ2) is 7.00. The fraction of sp³-hybridized carbons (Fsp3) is 0.500. The number of carbonyl (C=O) groups excluding carboxylic acids is 1. The molecule has 110 valence electrons. The number of urea groups is 1. The first-order valence-corrected chi connectivity index (χ1v) is 6.48. The molecule has 0 aromatic carbocycles. The molecule has 0 unspecified atom stereocenters. The van der Waals surface area contributed by atoms with Crippen LogP contribution in [0.25, 0.3) is 0 Å². The van der Waals surface area contributed by atoms with Gasteiger partial charge in [-0.05, 0) is 0 Å². The second-order valence-corrected chi connectivity index (χ2v) is 5.43. The van der Waals surface area contributed by atoms with Crippen molar-refractivity contribution in [2.45, 2.75) is 26.2 Å². The molecule has 0 saturated heterocycles. The van der Waals surface area contributed by atoms with Crippen molar-refractivity contribution < 1.29 is 9.90 Å². The van der Waals surface area contributed by atoms with Crippen molar-refractivity contribution in [1.29, 1.82) is 0 Å². The molecule has 0 atom stereocenters. The van der Waals surface area contributed by atoms with E-state index in [-0.39, 0.29) is 24.6 Å². The molecule has 1 heterocycles. The summed E-state index contributed by atoms with van der Waals surface area (Å²) in [6.45, 7) is 10.2. The van der Waals surface area contributed by atoms with Gasteiger partial charge in [-0.1, -0.05) is 26.8 Å². The monoisotopic (exact) mass is 278 g/mol. The highest BCUT2D eigenvalue weighted by molar-refractivity contribution is 5.89. The number of aliphatic hydroxyl groups is 1. The Hall–Kier alpha value is -1.95. The first kappa shape index (κ1) is 16.1. The van der Waals surface area contributed by atoms with E-state index in [9.17, 15) is 4.79 Å². The maximum absolute atomic E-state index is 12.0. The lowest BCUT2D eigenvalue weighted by atomic mass is 9.96. The molecule has 2 amide bonds. The zero-order chi connectivity index (χ0) is 15.2. The zero-order valence-corrected chi connectivity index (χ0v) is 12.3. The summed E-state index contributed by atoms with van der Waals surface area (Å²) in [4.78, 5) is 21.9. The molecule has 20 heavy (non-hydrogen) atoms. The predicted molar refractivity (Wildman–Crippen MR) is 78.6 cm³/mol. The van der Waals surface area contributed by atoms with Crippen molar-refractivity contribution >= 4 is 11.7 Å². The minimum absolute atomic E-state index is 0.0965. The Morgan fingerprint density at radius 1 is 1.45 bits per heavy atom. The Morgan fingerprint density at radius 3 is 2.50 bits per heavy atom. The van der Waals surface area contributed by atoms with Crippen LogP contribution in [0, 0.1) is 0 Å². The number of carbonyl (C=O) groups is 1. The van der Waals surface area contributed by atoms with Gasteiger partial charge in [-0.2, -0.15) is 0 Å². The topological polar surface area (TPSA) is 78.4 Å². The molecular formula is C14H22N4O2. The summed E-state index contributed by atoms with van der Waals surface area (Å²) in [6.07, 6.45) is 4.77. The van der Waals surface area contributed by atoms with Gasteiger partial charge in [-0.3, -0.25) is 0 Å². The van der Waals surface area contributed by atoms with E-state index in [0.29, 0.717) is 18.1 Å². The smallest absolute Gasteiger partial charge is 0.322 e. The van der Waals surface area contributed by atoms with Crippen LogP contribution in [0.2, 0.25) is 0 Å². The highest BCUT2D eigenvalue weighted by Gasteiger charge is 2.17. The lowest BCUT2D eigenvalue weighted by Gasteiger charge is -2.21.